The van der Waals surface area contributed by atoms with E-state index in [9.17, 15) is 0 Å². The lowest BCUT2D eigenvalue weighted by atomic mass is 10.2. The zero-order valence-corrected chi connectivity index (χ0v) is 9.73. The van der Waals surface area contributed by atoms with Crippen LogP contribution in [0.4, 0.5) is 0 Å². The molecule has 0 bridgehead atoms. The van der Waals surface area contributed by atoms with Crippen LogP contribution in [0.25, 0.3) is 0 Å². The van der Waals surface area contributed by atoms with Crippen molar-refractivity contribution >= 4 is 0 Å². The highest BCUT2D eigenvalue weighted by Gasteiger charge is 2.05. The molecule has 1 aromatic rings. The summed E-state index contributed by atoms with van der Waals surface area (Å²) in [5.74, 6) is 1.28. The lowest BCUT2D eigenvalue weighted by Gasteiger charge is -2.18. The Bertz CT molecular complexity index is 296. The molecule has 1 aromatic carbocycles. The molecular weight excluding hydrogens is 186 g/mol. The summed E-state index contributed by atoms with van der Waals surface area (Å²) in [5.41, 5.74) is 0.703. The zero-order valence-electron chi connectivity index (χ0n) is 9.73. The molecular formula is C13H19NO. The minimum Gasteiger partial charge on any atom is -0.493 e. The van der Waals surface area contributed by atoms with Gasteiger partial charge in [-0.3, -0.25) is 0 Å². The molecule has 0 fully saturated rings. The van der Waals surface area contributed by atoms with Crippen molar-refractivity contribution in [3.05, 3.63) is 36.8 Å². The molecule has 2 nitrogen and oxygen atoms in total. The molecule has 0 heterocycles. The Kier molecular flexibility index (Phi) is 4.63. The molecule has 1 rings (SSSR count). The molecule has 0 aromatic heterocycles. The number of ether oxygens (including phenoxy) is 1. The van der Waals surface area contributed by atoms with E-state index in [0.717, 1.165) is 12.3 Å². The van der Waals surface area contributed by atoms with E-state index < -0.39 is 0 Å². The molecule has 0 amide bonds. The van der Waals surface area contributed by atoms with Gasteiger partial charge in [0, 0.05) is 19.4 Å². The van der Waals surface area contributed by atoms with Crippen LogP contribution in [-0.2, 0) is 0 Å². The van der Waals surface area contributed by atoms with Crippen molar-refractivity contribution < 1.29 is 4.74 Å². The smallest absolute Gasteiger partial charge is 0.122 e. The number of hydrogen-bond acceptors (Lipinski definition) is 2. The van der Waals surface area contributed by atoms with Crippen molar-refractivity contribution in [2.75, 3.05) is 27.2 Å². The van der Waals surface area contributed by atoms with Crippen LogP contribution in [0.3, 0.4) is 0 Å². The number of nitrogens with zero attached hydrogens (tertiary/aromatic N) is 1. The van der Waals surface area contributed by atoms with Gasteiger partial charge in [-0.1, -0.05) is 25.1 Å². The monoisotopic (exact) mass is 205 g/mol. The molecule has 1 atom stereocenters. The van der Waals surface area contributed by atoms with Crippen molar-refractivity contribution in [1.29, 1.82) is 0 Å². The minimum absolute atomic E-state index is 0.500. The molecule has 0 saturated carbocycles. The van der Waals surface area contributed by atoms with E-state index in [-0.39, 0.29) is 0 Å². The van der Waals surface area contributed by atoms with Crippen LogP contribution in [0.5, 0.6) is 5.75 Å². The van der Waals surface area contributed by atoms with Gasteiger partial charge in [0.05, 0.1) is 6.61 Å². The fourth-order valence-electron chi connectivity index (χ4n) is 1.52. The predicted octanol–water partition coefficient (Wildman–Crippen LogP) is 2.32. The second-order valence-electron chi connectivity index (χ2n) is 4.22. The largest absolute Gasteiger partial charge is 0.493 e. The van der Waals surface area contributed by atoms with E-state index in [1.54, 1.807) is 0 Å². The Morgan fingerprint density at radius 3 is 2.60 bits per heavy atom. The van der Waals surface area contributed by atoms with Crippen molar-refractivity contribution in [2.24, 2.45) is 5.92 Å². The van der Waals surface area contributed by atoms with E-state index in [4.69, 9.17) is 11.7 Å². The van der Waals surface area contributed by atoms with Gasteiger partial charge in [0.15, 0.2) is 0 Å². The average Bonchev–Trinajstić information content (AvgIpc) is 2.15. The highest BCUT2D eigenvalue weighted by atomic mass is 16.5. The van der Waals surface area contributed by atoms with Gasteiger partial charge in [-0.25, -0.2) is 0 Å². The summed E-state index contributed by atoms with van der Waals surface area (Å²) in [6.45, 7) is 9.66. The molecule has 0 spiro atoms. The third-order valence-electron chi connectivity index (χ3n) is 2.12. The first-order chi connectivity index (χ1) is 7.09. The van der Waals surface area contributed by atoms with Crippen LogP contribution in [0, 0.1) is 12.8 Å². The molecule has 2 radical (unpaired) electrons. The van der Waals surface area contributed by atoms with E-state index >= 15 is 0 Å². The third-order valence-corrected chi connectivity index (χ3v) is 2.12. The fourth-order valence-corrected chi connectivity index (χ4v) is 1.52. The molecule has 0 aliphatic heterocycles. The van der Waals surface area contributed by atoms with Gasteiger partial charge in [0.25, 0.3) is 0 Å². The first kappa shape index (κ1) is 12.1. The molecule has 0 saturated heterocycles. The normalized spacial score (nSPS) is 12.9. The molecule has 0 aliphatic carbocycles. The van der Waals surface area contributed by atoms with E-state index in [0.29, 0.717) is 18.1 Å². The summed E-state index contributed by atoms with van der Waals surface area (Å²) in [6.07, 6.45) is 0. The maximum absolute atomic E-state index is 5.77. The second-order valence-corrected chi connectivity index (χ2v) is 4.22. The first-order valence-electron chi connectivity index (χ1n) is 5.21. The summed E-state index contributed by atoms with van der Waals surface area (Å²) in [6, 6.07) is 7.59. The summed E-state index contributed by atoms with van der Waals surface area (Å²) in [5, 5.41) is 0. The predicted molar refractivity (Wildman–Crippen MR) is 63.1 cm³/mol. The first-order valence-corrected chi connectivity index (χ1v) is 5.21. The van der Waals surface area contributed by atoms with Crippen LogP contribution in [-0.4, -0.2) is 32.1 Å². The van der Waals surface area contributed by atoms with Crippen molar-refractivity contribution in [3.63, 3.8) is 0 Å². The lowest BCUT2D eigenvalue weighted by molar-refractivity contribution is 0.221. The Morgan fingerprint density at radius 1 is 1.33 bits per heavy atom. The highest BCUT2D eigenvalue weighted by molar-refractivity contribution is 5.35. The molecule has 1 unspecified atom stereocenters. The van der Waals surface area contributed by atoms with Crippen molar-refractivity contribution in [3.8, 4) is 5.75 Å². The van der Waals surface area contributed by atoms with Crippen LogP contribution >= 0.6 is 0 Å². The van der Waals surface area contributed by atoms with Gasteiger partial charge in [-0.2, -0.15) is 0 Å². The highest BCUT2D eigenvalue weighted by Crippen LogP contribution is 2.16. The van der Waals surface area contributed by atoms with Crippen LogP contribution in [0.2, 0.25) is 0 Å². The topological polar surface area (TPSA) is 12.5 Å². The van der Waals surface area contributed by atoms with Gasteiger partial charge in [0.2, 0.25) is 0 Å². The van der Waals surface area contributed by atoms with Gasteiger partial charge in [-0.15, -0.1) is 0 Å². The second kappa shape index (κ2) is 5.76. The van der Waals surface area contributed by atoms with E-state index in [1.807, 2.05) is 24.3 Å². The quantitative estimate of drug-likeness (QED) is 0.731. The Labute approximate surface area is 92.9 Å². The van der Waals surface area contributed by atoms with E-state index in [2.05, 4.69) is 25.9 Å². The van der Waals surface area contributed by atoms with Gasteiger partial charge in [0.1, 0.15) is 5.75 Å². The zero-order chi connectivity index (χ0) is 11.3. The Hall–Kier alpha value is -1.02. The number of para-hydroxylation sites is 1. The standard InChI is InChI=1S/C13H19NO/c1-11(9-14(3)4)10-15-13-8-6-5-7-12(13)2/h2,5-8,11H,9-10H2,1,3-4H3. The summed E-state index contributed by atoms with van der Waals surface area (Å²) >= 11 is 0. The number of rotatable bonds is 5. The maximum atomic E-state index is 5.77. The SMILES string of the molecule is [CH]c1ccccc1OCC(C)CN(C)C. The van der Waals surface area contributed by atoms with E-state index in [1.165, 1.54) is 0 Å². The Morgan fingerprint density at radius 2 is 2.00 bits per heavy atom. The molecule has 0 aliphatic rings. The molecule has 82 valence electrons. The lowest BCUT2D eigenvalue weighted by Crippen LogP contribution is -2.24. The molecule has 0 N–H and O–H groups in total. The molecule has 2 heteroatoms. The average molecular weight is 205 g/mol. The number of hydrogen-bond donors (Lipinski definition) is 0. The van der Waals surface area contributed by atoms with Crippen LogP contribution in [0.15, 0.2) is 24.3 Å². The van der Waals surface area contributed by atoms with Crippen LogP contribution < -0.4 is 4.74 Å². The molecule has 15 heavy (non-hydrogen) atoms. The van der Waals surface area contributed by atoms with Gasteiger partial charge < -0.3 is 9.64 Å². The fraction of sp³-hybridized carbons (Fsp3) is 0.462. The number of benzene rings is 1. The summed E-state index contributed by atoms with van der Waals surface area (Å²) in [7, 11) is 4.13. The van der Waals surface area contributed by atoms with Crippen molar-refractivity contribution in [2.45, 2.75) is 6.92 Å². The third kappa shape index (κ3) is 4.34. The summed E-state index contributed by atoms with van der Waals surface area (Å²) < 4.78 is 5.65. The van der Waals surface area contributed by atoms with Gasteiger partial charge >= 0.3 is 0 Å². The van der Waals surface area contributed by atoms with Crippen LogP contribution in [0.1, 0.15) is 12.5 Å². The Balaban J connectivity index is 2.40. The maximum Gasteiger partial charge on any atom is 0.122 e. The minimum atomic E-state index is 0.500. The van der Waals surface area contributed by atoms with Crippen molar-refractivity contribution in [1.82, 2.24) is 4.90 Å². The van der Waals surface area contributed by atoms with Gasteiger partial charge in [-0.05, 0) is 25.7 Å². The summed E-state index contributed by atoms with van der Waals surface area (Å²) in [4.78, 5) is 2.16.